The van der Waals surface area contributed by atoms with Crippen LogP contribution in [-0.4, -0.2) is 158 Å². The number of amides is 1. The van der Waals surface area contributed by atoms with E-state index in [1.54, 1.807) is 0 Å². The van der Waals surface area contributed by atoms with Gasteiger partial charge >= 0.3 is 11.9 Å². The van der Waals surface area contributed by atoms with Crippen molar-refractivity contribution in [3.63, 3.8) is 0 Å². The standard InChI is InChI=1S/C40H71NO17/c1-8-11-27(16-26(44)15-24(19-42)38(52)41-25(20-43)14-21(4)5)55-30(45)17-28(12-9-2)56-31(46)18-29(13-10-3)57-40-36(51)37(33(48)23(7)54-40)58-39-35(50)34(49)32(47)22(6)53-39/h21-25,27-29,32-37,39-40,42-43,47-51H,8-20H2,1-7H3,(H,41,52). The second-order valence-electron chi connectivity index (χ2n) is 16.1. The van der Waals surface area contributed by atoms with Crippen molar-refractivity contribution in [2.24, 2.45) is 11.8 Å². The first kappa shape index (κ1) is 51.8. The molecule has 8 N–H and O–H groups in total. The normalized spacial score (nSPS) is 30.2. The van der Waals surface area contributed by atoms with Gasteiger partial charge in [-0.05, 0) is 45.4 Å². The van der Waals surface area contributed by atoms with Gasteiger partial charge in [-0.25, -0.2) is 0 Å². The van der Waals surface area contributed by atoms with Gasteiger partial charge in [0.15, 0.2) is 12.6 Å². The van der Waals surface area contributed by atoms with E-state index in [0.717, 1.165) is 0 Å². The SMILES string of the molecule is CCCC(CC(=O)CC(CO)C(=O)NC(CO)CC(C)C)OC(=O)CC(CCC)OC(=O)CC(CCC)OC1OC(C)C(O)C(OC2OC(C)C(O)C(O)C2O)C1O. The van der Waals surface area contributed by atoms with E-state index in [0.29, 0.717) is 44.9 Å². The monoisotopic (exact) mass is 837 g/mol. The number of nitrogens with one attached hydrogen (secondary N) is 1. The van der Waals surface area contributed by atoms with Gasteiger partial charge in [0, 0.05) is 12.8 Å². The van der Waals surface area contributed by atoms with Crippen LogP contribution in [0.4, 0.5) is 0 Å². The molecule has 0 aliphatic carbocycles. The number of ether oxygens (including phenoxy) is 6. The third kappa shape index (κ3) is 16.6. The van der Waals surface area contributed by atoms with Gasteiger partial charge in [0.2, 0.25) is 5.91 Å². The molecule has 2 rings (SSSR count). The number of rotatable bonds is 26. The number of hydrogen-bond acceptors (Lipinski definition) is 17. The molecule has 2 heterocycles. The first-order chi connectivity index (χ1) is 27.4. The summed E-state index contributed by atoms with van der Waals surface area (Å²) in [5.74, 6) is -3.13. The largest absolute Gasteiger partial charge is 0.462 e. The van der Waals surface area contributed by atoms with Crippen molar-refractivity contribution in [3.8, 4) is 0 Å². The highest BCUT2D eigenvalue weighted by molar-refractivity contribution is 5.87. The second kappa shape index (κ2) is 26.1. The van der Waals surface area contributed by atoms with Gasteiger partial charge in [0.1, 0.15) is 54.6 Å². The van der Waals surface area contributed by atoms with Gasteiger partial charge in [-0.1, -0.05) is 53.9 Å². The lowest BCUT2D eigenvalue weighted by Gasteiger charge is -2.45. The lowest BCUT2D eigenvalue weighted by atomic mass is 9.96. The van der Waals surface area contributed by atoms with Crippen LogP contribution in [0.1, 0.15) is 119 Å². The maximum absolute atomic E-state index is 13.3. The number of aliphatic hydroxyl groups is 7. The van der Waals surface area contributed by atoms with Gasteiger partial charge in [-0.3, -0.25) is 19.2 Å². The molecule has 338 valence electrons. The Labute approximate surface area is 341 Å². The Balaban J connectivity index is 2.01. The number of ketones is 1. The van der Waals surface area contributed by atoms with Gasteiger partial charge in [0.05, 0.1) is 56.3 Å². The smallest absolute Gasteiger partial charge is 0.309 e. The number of carbonyl (C=O) groups excluding carboxylic acids is 4. The quantitative estimate of drug-likeness (QED) is 0.0552. The van der Waals surface area contributed by atoms with Gasteiger partial charge in [-0.2, -0.15) is 0 Å². The van der Waals surface area contributed by atoms with E-state index in [9.17, 15) is 54.9 Å². The molecule has 0 radical (unpaired) electrons. The van der Waals surface area contributed by atoms with E-state index in [4.69, 9.17) is 28.4 Å². The number of aliphatic hydroxyl groups excluding tert-OH is 7. The Kier molecular flexibility index (Phi) is 23.3. The summed E-state index contributed by atoms with van der Waals surface area (Å²) in [6.45, 7) is 11.6. The summed E-state index contributed by atoms with van der Waals surface area (Å²) < 4.78 is 34.3. The lowest BCUT2D eigenvalue weighted by molar-refractivity contribution is -0.358. The molecule has 2 aliphatic heterocycles. The third-order valence-electron chi connectivity index (χ3n) is 10.3. The molecule has 0 bridgehead atoms. The summed E-state index contributed by atoms with van der Waals surface area (Å²) in [5, 5.41) is 74.8. The minimum absolute atomic E-state index is 0.178. The summed E-state index contributed by atoms with van der Waals surface area (Å²) in [4.78, 5) is 52.1. The molecule has 1 amide bonds. The van der Waals surface area contributed by atoms with Crippen LogP contribution < -0.4 is 5.32 Å². The fourth-order valence-corrected chi connectivity index (χ4v) is 7.09. The van der Waals surface area contributed by atoms with Crippen molar-refractivity contribution in [1.29, 1.82) is 0 Å². The molecular weight excluding hydrogens is 766 g/mol. The molecule has 18 nitrogen and oxygen atoms in total. The first-order valence-electron chi connectivity index (χ1n) is 20.8. The zero-order valence-corrected chi connectivity index (χ0v) is 35.1. The Morgan fingerprint density at radius 3 is 1.69 bits per heavy atom. The van der Waals surface area contributed by atoms with Crippen LogP contribution in [0.5, 0.6) is 0 Å². The van der Waals surface area contributed by atoms with Crippen molar-refractivity contribution < 1.29 is 83.3 Å². The van der Waals surface area contributed by atoms with Crippen LogP contribution in [0.15, 0.2) is 0 Å². The number of Topliss-reactive ketones (excluding diaryl/α,β-unsaturated/α-hetero) is 1. The van der Waals surface area contributed by atoms with Crippen molar-refractivity contribution in [3.05, 3.63) is 0 Å². The maximum atomic E-state index is 13.3. The maximum Gasteiger partial charge on any atom is 0.309 e. The van der Waals surface area contributed by atoms with Crippen LogP contribution in [0.3, 0.4) is 0 Å². The molecule has 2 aliphatic rings. The van der Waals surface area contributed by atoms with E-state index in [1.807, 2.05) is 34.6 Å². The average molecular weight is 838 g/mol. The zero-order chi connectivity index (χ0) is 43.7. The Morgan fingerprint density at radius 2 is 1.16 bits per heavy atom. The summed E-state index contributed by atoms with van der Waals surface area (Å²) in [5.41, 5.74) is 0. The highest BCUT2D eigenvalue weighted by Gasteiger charge is 2.50. The van der Waals surface area contributed by atoms with Crippen molar-refractivity contribution in [2.75, 3.05) is 13.2 Å². The number of carbonyl (C=O) groups is 4. The number of esters is 2. The van der Waals surface area contributed by atoms with E-state index in [2.05, 4.69) is 5.32 Å². The molecule has 0 aromatic rings. The Bertz CT molecular complexity index is 1240. The van der Waals surface area contributed by atoms with Gasteiger partial charge < -0.3 is 69.5 Å². The van der Waals surface area contributed by atoms with Crippen molar-refractivity contribution in [2.45, 2.75) is 205 Å². The molecule has 15 atom stereocenters. The predicted octanol–water partition coefficient (Wildman–Crippen LogP) is 0.536. The minimum Gasteiger partial charge on any atom is -0.462 e. The van der Waals surface area contributed by atoms with Gasteiger partial charge in [0.25, 0.3) is 0 Å². The van der Waals surface area contributed by atoms with Crippen LogP contribution in [0.25, 0.3) is 0 Å². The fraction of sp³-hybridized carbons (Fsp3) is 0.900. The zero-order valence-electron chi connectivity index (χ0n) is 35.1. The molecule has 0 aromatic carbocycles. The highest BCUT2D eigenvalue weighted by atomic mass is 16.7. The van der Waals surface area contributed by atoms with Gasteiger partial charge in [-0.15, -0.1) is 0 Å². The van der Waals surface area contributed by atoms with Crippen LogP contribution in [0, 0.1) is 11.8 Å². The molecule has 0 aromatic heterocycles. The van der Waals surface area contributed by atoms with E-state index >= 15 is 0 Å². The average Bonchev–Trinajstić information content (AvgIpc) is 3.15. The minimum atomic E-state index is -1.69. The summed E-state index contributed by atoms with van der Waals surface area (Å²) in [7, 11) is 0. The molecule has 15 unspecified atom stereocenters. The first-order valence-corrected chi connectivity index (χ1v) is 20.8. The molecular formula is C40H71NO17. The molecule has 2 fully saturated rings. The van der Waals surface area contributed by atoms with Crippen LogP contribution in [0.2, 0.25) is 0 Å². The Morgan fingerprint density at radius 1 is 0.638 bits per heavy atom. The van der Waals surface area contributed by atoms with Crippen LogP contribution in [-0.2, 0) is 47.6 Å². The van der Waals surface area contributed by atoms with Crippen molar-refractivity contribution >= 4 is 23.6 Å². The molecule has 2 saturated heterocycles. The van der Waals surface area contributed by atoms with E-state index in [-0.39, 0.29) is 44.0 Å². The Hall–Kier alpha value is -2.36. The predicted molar refractivity (Wildman–Crippen MR) is 205 cm³/mol. The fourth-order valence-electron chi connectivity index (χ4n) is 7.09. The molecule has 18 heteroatoms. The third-order valence-corrected chi connectivity index (χ3v) is 10.3. The topological polar surface area (TPSA) is 277 Å². The lowest BCUT2D eigenvalue weighted by Crippen LogP contribution is -2.63. The number of hydrogen-bond donors (Lipinski definition) is 8. The summed E-state index contributed by atoms with van der Waals surface area (Å²) in [6.07, 6.45) is -14.2. The summed E-state index contributed by atoms with van der Waals surface area (Å²) in [6, 6.07) is -0.511. The van der Waals surface area contributed by atoms with E-state index in [1.165, 1.54) is 13.8 Å². The second-order valence-corrected chi connectivity index (χ2v) is 16.1. The molecule has 0 spiro atoms. The molecule has 0 saturated carbocycles. The van der Waals surface area contributed by atoms with E-state index < -0.39 is 116 Å². The highest BCUT2D eigenvalue weighted by Crippen LogP contribution is 2.31. The summed E-state index contributed by atoms with van der Waals surface area (Å²) >= 11 is 0. The molecule has 58 heavy (non-hydrogen) atoms. The van der Waals surface area contributed by atoms with Crippen molar-refractivity contribution in [1.82, 2.24) is 5.32 Å². The van der Waals surface area contributed by atoms with Crippen LogP contribution >= 0.6 is 0 Å².